The molecule has 0 radical (unpaired) electrons. The highest BCUT2D eigenvalue weighted by atomic mass is 32.2. The number of amidine groups is 1. The number of aryl methyl sites for hydroxylation is 1. The van der Waals surface area contributed by atoms with Crippen LogP contribution in [0.4, 0.5) is 0 Å². The molecule has 2 bridgehead atoms. The lowest BCUT2D eigenvalue weighted by Gasteiger charge is -2.20. The molecular weight excluding hydrogens is 348 g/mol. The molecule has 3 aliphatic rings. The van der Waals surface area contributed by atoms with Crippen molar-refractivity contribution in [2.75, 3.05) is 6.61 Å². The van der Waals surface area contributed by atoms with Gasteiger partial charge in [0.1, 0.15) is 0 Å². The highest BCUT2D eigenvalue weighted by Crippen LogP contribution is 2.39. The SMILES string of the molecule is Cc1ccc(C(=O)OCCC2SC(NC3CC4C=CC3C4)=NC2=O)cc1. The molecule has 1 heterocycles. The Morgan fingerprint density at radius 2 is 2.08 bits per heavy atom. The third-order valence-electron chi connectivity index (χ3n) is 5.23. The number of aliphatic imine (C=N–C) groups is 1. The summed E-state index contributed by atoms with van der Waals surface area (Å²) in [4.78, 5) is 28.3. The summed E-state index contributed by atoms with van der Waals surface area (Å²) in [6, 6.07) is 7.65. The summed E-state index contributed by atoms with van der Waals surface area (Å²) in [5.41, 5.74) is 1.63. The largest absolute Gasteiger partial charge is 0.462 e. The Kier molecular flexibility index (Phi) is 4.85. The number of nitrogens with zero attached hydrogens (tertiary/aromatic N) is 1. The Bertz CT molecular complexity index is 772. The Morgan fingerprint density at radius 1 is 1.27 bits per heavy atom. The first-order chi connectivity index (χ1) is 12.6. The zero-order valence-corrected chi connectivity index (χ0v) is 15.5. The Balaban J connectivity index is 1.22. The molecule has 0 aromatic heterocycles. The molecule has 1 fully saturated rings. The van der Waals surface area contributed by atoms with Crippen molar-refractivity contribution in [2.45, 2.75) is 37.5 Å². The number of rotatable bonds is 5. The van der Waals surface area contributed by atoms with Crippen LogP contribution in [0.5, 0.6) is 0 Å². The second kappa shape index (κ2) is 7.27. The van der Waals surface area contributed by atoms with E-state index in [9.17, 15) is 9.59 Å². The molecule has 1 saturated carbocycles. The maximum absolute atomic E-state index is 12.1. The van der Waals surface area contributed by atoms with Crippen LogP contribution in [-0.4, -0.2) is 34.9 Å². The molecule has 4 unspecified atom stereocenters. The predicted molar refractivity (Wildman–Crippen MR) is 102 cm³/mol. The molecule has 26 heavy (non-hydrogen) atoms. The van der Waals surface area contributed by atoms with Crippen molar-refractivity contribution in [3.05, 3.63) is 47.5 Å². The molecule has 6 heteroatoms. The maximum Gasteiger partial charge on any atom is 0.338 e. The van der Waals surface area contributed by atoms with E-state index in [0.29, 0.717) is 29.9 Å². The van der Waals surface area contributed by atoms with Gasteiger partial charge in [-0.05, 0) is 43.7 Å². The van der Waals surface area contributed by atoms with Crippen molar-refractivity contribution in [2.24, 2.45) is 16.8 Å². The minimum absolute atomic E-state index is 0.136. The van der Waals surface area contributed by atoms with E-state index in [1.165, 1.54) is 18.2 Å². The molecule has 1 aliphatic heterocycles. The number of fused-ring (bicyclic) bond motifs is 2. The number of thioether (sulfide) groups is 1. The van der Waals surface area contributed by atoms with Gasteiger partial charge in [0.05, 0.1) is 17.4 Å². The lowest BCUT2D eigenvalue weighted by Crippen LogP contribution is -2.35. The molecule has 1 aromatic rings. The molecule has 1 N–H and O–H groups in total. The zero-order valence-electron chi connectivity index (χ0n) is 14.7. The van der Waals surface area contributed by atoms with Crippen LogP contribution in [-0.2, 0) is 9.53 Å². The number of hydrogen-bond donors (Lipinski definition) is 1. The highest BCUT2D eigenvalue weighted by Gasteiger charge is 2.38. The summed E-state index contributed by atoms with van der Waals surface area (Å²) >= 11 is 1.46. The Hall–Kier alpha value is -2.08. The normalized spacial score (nSPS) is 29.1. The molecular formula is C20H22N2O3S. The van der Waals surface area contributed by atoms with Crippen LogP contribution in [0.15, 0.2) is 41.4 Å². The van der Waals surface area contributed by atoms with E-state index in [2.05, 4.69) is 22.5 Å². The van der Waals surface area contributed by atoms with Gasteiger partial charge in [0.15, 0.2) is 5.17 Å². The average Bonchev–Trinajstić information content (AvgIpc) is 3.32. The van der Waals surface area contributed by atoms with Crippen LogP contribution in [0.25, 0.3) is 0 Å². The summed E-state index contributed by atoms with van der Waals surface area (Å²) < 4.78 is 5.30. The summed E-state index contributed by atoms with van der Waals surface area (Å²) in [5, 5.41) is 3.89. The van der Waals surface area contributed by atoms with E-state index in [1.54, 1.807) is 12.1 Å². The smallest absolute Gasteiger partial charge is 0.338 e. The monoisotopic (exact) mass is 370 g/mol. The van der Waals surface area contributed by atoms with Gasteiger partial charge < -0.3 is 10.1 Å². The van der Waals surface area contributed by atoms with E-state index in [4.69, 9.17) is 4.74 Å². The number of esters is 1. The molecule has 0 spiro atoms. The van der Waals surface area contributed by atoms with Gasteiger partial charge in [0.25, 0.3) is 5.91 Å². The first-order valence-electron chi connectivity index (χ1n) is 9.06. The van der Waals surface area contributed by atoms with Gasteiger partial charge in [0, 0.05) is 12.5 Å². The highest BCUT2D eigenvalue weighted by molar-refractivity contribution is 8.15. The van der Waals surface area contributed by atoms with E-state index in [1.807, 2.05) is 19.1 Å². The first kappa shape index (κ1) is 17.3. The standard InChI is InChI=1S/C20H22N2O3S/c1-12-2-5-14(6-3-12)19(24)25-9-8-17-18(23)22-20(26-17)21-16-11-13-4-7-15(16)10-13/h2-7,13,15-17H,8-11H2,1H3,(H,21,22,23). The minimum atomic E-state index is -0.353. The van der Waals surface area contributed by atoms with Crippen molar-refractivity contribution in [1.82, 2.24) is 5.32 Å². The van der Waals surface area contributed by atoms with Gasteiger partial charge in [-0.2, -0.15) is 4.99 Å². The number of carbonyl (C=O) groups is 2. The van der Waals surface area contributed by atoms with Crippen molar-refractivity contribution >= 4 is 28.8 Å². The minimum Gasteiger partial charge on any atom is -0.462 e. The fourth-order valence-corrected chi connectivity index (χ4v) is 4.77. The third kappa shape index (κ3) is 3.70. The van der Waals surface area contributed by atoms with E-state index >= 15 is 0 Å². The number of carbonyl (C=O) groups excluding carboxylic acids is 2. The van der Waals surface area contributed by atoms with Crippen LogP contribution in [0, 0.1) is 18.8 Å². The van der Waals surface area contributed by atoms with Crippen LogP contribution in [0.3, 0.4) is 0 Å². The molecule has 4 atom stereocenters. The lowest BCUT2D eigenvalue weighted by molar-refractivity contribution is -0.117. The third-order valence-corrected chi connectivity index (χ3v) is 6.38. The number of allylic oxidation sites excluding steroid dienone is 1. The topological polar surface area (TPSA) is 67.8 Å². The van der Waals surface area contributed by atoms with Crippen molar-refractivity contribution in [3.8, 4) is 0 Å². The van der Waals surface area contributed by atoms with Gasteiger partial charge in [-0.15, -0.1) is 0 Å². The molecule has 1 amide bonds. The number of nitrogens with one attached hydrogen (secondary N) is 1. The van der Waals surface area contributed by atoms with Gasteiger partial charge in [-0.1, -0.05) is 41.6 Å². The first-order valence-corrected chi connectivity index (χ1v) is 9.94. The summed E-state index contributed by atoms with van der Waals surface area (Å²) in [6.45, 7) is 2.19. The second-order valence-corrected chi connectivity index (χ2v) is 8.37. The number of ether oxygens (including phenoxy) is 1. The Labute approximate surface area is 157 Å². The quantitative estimate of drug-likeness (QED) is 0.637. The lowest BCUT2D eigenvalue weighted by atomic mass is 10.0. The van der Waals surface area contributed by atoms with E-state index in [-0.39, 0.29) is 23.7 Å². The zero-order chi connectivity index (χ0) is 18.1. The number of benzene rings is 1. The van der Waals surface area contributed by atoms with Crippen LogP contribution >= 0.6 is 11.8 Å². The predicted octanol–water partition coefficient (Wildman–Crippen LogP) is 3.09. The van der Waals surface area contributed by atoms with Crippen LogP contribution in [0.2, 0.25) is 0 Å². The van der Waals surface area contributed by atoms with Crippen LogP contribution < -0.4 is 5.32 Å². The average molecular weight is 370 g/mol. The fourth-order valence-electron chi connectivity index (χ4n) is 3.77. The molecule has 4 rings (SSSR count). The Morgan fingerprint density at radius 3 is 2.77 bits per heavy atom. The van der Waals surface area contributed by atoms with Crippen molar-refractivity contribution < 1.29 is 14.3 Å². The molecule has 2 aliphatic carbocycles. The van der Waals surface area contributed by atoms with Crippen molar-refractivity contribution in [3.63, 3.8) is 0 Å². The molecule has 5 nitrogen and oxygen atoms in total. The van der Waals surface area contributed by atoms with Gasteiger partial charge in [-0.3, -0.25) is 4.79 Å². The summed E-state index contributed by atoms with van der Waals surface area (Å²) in [5.74, 6) is 0.751. The van der Waals surface area contributed by atoms with Gasteiger partial charge >= 0.3 is 5.97 Å². The summed E-state index contributed by atoms with van der Waals surface area (Å²) in [7, 11) is 0. The van der Waals surface area contributed by atoms with Crippen molar-refractivity contribution in [1.29, 1.82) is 0 Å². The van der Waals surface area contributed by atoms with Gasteiger partial charge in [-0.25, -0.2) is 4.79 Å². The van der Waals surface area contributed by atoms with Crippen LogP contribution in [0.1, 0.15) is 35.2 Å². The second-order valence-electron chi connectivity index (χ2n) is 7.18. The maximum atomic E-state index is 12.1. The number of amides is 1. The molecule has 1 aromatic carbocycles. The molecule has 0 saturated heterocycles. The fraction of sp³-hybridized carbons (Fsp3) is 0.450. The van der Waals surface area contributed by atoms with Gasteiger partial charge in [0.2, 0.25) is 0 Å². The van der Waals surface area contributed by atoms with E-state index < -0.39 is 0 Å². The number of hydrogen-bond acceptors (Lipinski definition) is 5. The molecule has 136 valence electrons. The summed E-state index contributed by atoms with van der Waals surface area (Å²) in [6.07, 6.45) is 7.38. The van der Waals surface area contributed by atoms with E-state index in [0.717, 1.165) is 17.2 Å².